The van der Waals surface area contributed by atoms with Crippen LogP contribution in [0, 0.1) is 0 Å². The molecule has 1 saturated heterocycles. The van der Waals surface area contributed by atoms with E-state index in [2.05, 4.69) is 26.3 Å². The minimum absolute atomic E-state index is 0. The zero-order valence-electron chi connectivity index (χ0n) is 16.4. The Kier molecular flexibility index (Phi) is 6.71. The van der Waals surface area contributed by atoms with Gasteiger partial charge in [-0.15, -0.1) is 17.5 Å². The molecule has 2 aliphatic heterocycles. The quantitative estimate of drug-likeness (QED) is 0.702. The average molecular weight is 420 g/mol. The van der Waals surface area contributed by atoms with Crippen molar-refractivity contribution >= 4 is 35.7 Å². The van der Waals surface area contributed by atoms with Crippen molar-refractivity contribution in [1.29, 1.82) is 0 Å². The first-order valence-corrected chi connectivity index (χ1v) is 9.78. The van der Waals surface area contributed by atoms with Gasteiger partial charge in [-0.3, -0.25) is 9.69 Å². The summed E-state index contributed by atoms with van der Waals surface area (Å²) in [4.78, 5) is 26.5. The Labute approximate surface area is 175 Å². The van der Waals surface area contributed by atoms with Crippen molar-refractivity contribution in [3.05, 3.63) is 35.7 Å². The molecule has 0 unspecified atom stereocenters. The third-order valence-corrected chi connectivity index (χ3v) is 5.24. The van der Waals surface area contributed by atoms with Crippen LogP contribution in [0.3, 0.4) is 0 Å². The van der Waals surface area contributed by atoms with Crippen molar-refractivity contribution in [1.82, 2.24) is 25.6 Å². The van der Waals surface area contributed by atoms with Crippen molar-refractivity contribution in [3.63, 3.8) is 0 Å². The first kappa shape index (κ1) is 21.1. The molecule has 2 aromatic rings. The number of rotatable bonds is 4. The smallest absolute Gasteiger partial charge is 0.321 e. The highest BCUT2D eigenvalue weighted by molar-refractivity contribution is 6.03. The van der Waals surface area contributed by atoms with Crippen LogP contribution in [-0.4, -0.2) is 53.1 Å². The molecule has 2 aliphatic rings. The fraction of sp³-hybridized carbons (Fsp3) is 0.474. The molecular weight excluding hydrogens is 394 g/mol. The van der Waals surface area contributed by atoms with Crippen LogP contribution in [0.2, 0.25) is 0 Å². The van der Waals surface area contributed by atoms with E-state index in [-0.39, 0.29) is 30.4 Å². The highest BCUT2D eigenvalue weighted by atomic mass is 35.5. The Balaban J connectivity index is 0.00000240. The Hall–Kier alpha value is -2.65. The lowest BCUT2D eigenvalue weighted by Gasteiger charge is -2.22. The second kappa shape index (κ2) is 9.23. The number of halogens is 1. The Morgan fingerprint density at radius 2 is 2.07 bits per heavy atom. The van der Waals surface area contributed by atoms with Crippen LogP contribution < -0.4 is 20.9 Å². The maximum Gasteiger partial charge on any atom is 0.321 e. The molecule has 0 saturated carbocycles. The molecule has 0 bridgehead atoms. The van der Waals surface area contributed by atoms with E-state index >= 15 is 0 Å². The van der Waals surface area contributed by atoms with Crippen LogP contribution in [0.1, 0.15) is 41.9 Å². The maximum atomic E-state index is 12.6. The molecule has 9 nitrogen and oxygen atoms in total. The van der Waals surface area contributed by atoms with Gasteiger partial charge in [0.05, 0.1) is 17.9 Å². The molecule has 10 heteroatoms. The van der Waals surface area contributed by atoms with Gasteiger partial charge in [-0.05, 0) is 57.0 Å². The summed E-state index contributed by atoms with van der Waals surface area (Å²) in [6, 6.07) is 5.81. The fourth-order valence-corrected chi connectivity index (χ4v) is 3.74. The van der Waals surface area contributed by atoms with Crippen LogP contribution in [-0.2, 0) is 6.42 Å². The van der Waals surface area contributed by atoms with E-state index in [1.54, 1.807) is 15.8 Å². The summed E-state index contributed by atoms with van der Waals surface area (Å²) in [6.07, 6.45) is 4.47. The number of nitrogens with zero attached hydrogens (tertiary/aromatic N) is 4. The van der Waals surface area contributed by atoms with E-state index in [0.717, 1.165) is 43.6 Å². The lowest BCUT2D eigenvalue weighted by molar-refractivity contribution is 0.102. The van der Waals surface area contributed by atoms with Gasteiger partial charge in [0.15, 0.2) is 5.69 Å². The molecular formula is C19H26ClN7O2. The van der Waals surface area contributed by atoms with E-state index in [4.69, 9.17) is 0 Å². The number of anilines is 2. The van der Waals surface area contributed by atoms with E-state index in [9.17, 15) is 9.59 Å². The molecule has 3 amide bonds. The standard InChI is InChI=1S/C19H25N7O2.ClH/c1-2-21-19(28)25-10-7-13-3-4-14(11-17(13)25)22-18(27)16-12-26(24-23-16)15-5-8-20-9-6-15;/h3-4,11-12,15,20H,2,5-10H2,1H3,(H,21,28)(H,22,27);1H. The molecule has 0 radical (unpaired) electrons. The number of amides is 3. The zero-order chi connectivity index (χ0) is 19.5. The van der Waals surface area contributed by atoms with Gasteiger partial charge in [0.2, 0.25) is 0 Å². The van der Waals surface area contributed by atoms with Crippen molar-refractivity contribution < 1.29 is 9.59 Å². The lowest BCUT2D eigenvalue weighted by Crippen LogP contribution is -2.38. The number of fused-ring (bicyclic) bond motifs is 1. The van der Waals surface area contributed by atoms with E-state index < -0.39 is 0 Å². The SMILES string of the molecule is CCNC(=O)N1CCc2ccc(NC(=O)c3cn(C4CCNCC4)nn3)cc21.Cl. The number of hydrogen-bond acceptors (Lipinski definition) is 5. The molecule has 1 aromatic carbocycles. The predicted octanol–water partition coefficient (Wildman–Crippen LogP) is 1.97. The van der Waals surface area contributed by atoms with Gasteiger partial charge in [-0.2, -0.15) is 0 Å². The van der Waals surface area contributed by atoms with Crippen LogP contribution in [0.15, 0.2) is 24.4 Å². The normalized spacial score (nSPS) is 16.1. The second-order valence-corrected chi connectivity index (χ2v) is 7.10. The Bertz CT molecular complexity index is 879. The Morgan fingerprint density at radius 3 is 2.83 bits per heavy atom. The number of benzene rings is 1. The van der Waals surface area contributed by atoms with Crippen LogP contribution in [0.5, 0.6) is 0 Å². The van der Waals surface area contributed by atoms with Gasteiger partial charge >= 0.3 is 6.03 Å². The van der Waals surface area contributed by atoms with Crippen LogP contribution in [0.4, 0.5) is 16.2 Å². The summed E-state index contributed by atoms with van der Waals surface area (Å²) in [6.45, 7) is 5.01. The summed E-state index contributed by atoms with van der Waals surface area (Å²) in [5.41, 5.74) is 2.86. The zero-order valence-corrected chi connectivity index (χ0v) is 17.2. The number of piperidine rings is 1. The van der Waals surface area contributed by atoms with E-state index in [1.807, 2.05) is 25.1 Å². The molecule has 1 aromatic heterocycles. The fourth-order valence-electron chi connectivity index (χ4n) is 3.74. The summed E-state index contributed by atoms with van der Waals surface area (Å²) in [5.74, 6) is -0.303. The number of carbonyl (C=O) groups is 2. The van der Waals surface area contributed by atoms with Crippen molar-refractivity contribution in [2.24, 2.45) is 0 Å². The first-order chi connectivity index (χ1) is 13.7. The highest BCUT2D eigenvalue weighted by Gasteiger charge is 2.25. The number of carbonyl (C=O) groups excluding carboxylic acids is 2. The van der Waals surface area contributed by atoms with Gasteiger partial charge in [0.1, 0.15) is 0 Å². The summed E-state index contributed by atoms with van der Waals surface area (Å²) < 4.78 is 1.79. The maximum absolute atomic E-state index is 12.6. The molecule has 4 rings (SSSR count). The minimum atomic E-state index is -0.303. The molecule has 3 N–H and O–H groups in total. The minimum Gasteiger partial charge on any atom is -0.338 e. The molecule has 0 atom stereocenters. The lowest BCUT2D eigenvalue weighted by atomic mass is 10.1. The number of hydrogen-bond donors (Lipinski definition) is 3. The molecule has 0 aliphatic carbocycles. The van der Waals surface area contributed by atoms with E-state index in [1.165, 1.54) is 0 Å². The van der Waals surface area contributed by atoms with Gasteiger partial charge < -0.3 is 16.0 Å². The summed E-state index contributed by atoms with van der Waals surface area (Å²) in [5, 5.41) is 17.2. The summed E-state index contributed by atoms with van der Waals surface area (Å²) in [7, 11) is 0. The van der Waals surface area contributed by atoms with Crippen molar-refractivity contribution in [2.45, 2.75) is 32.2 Å². The number of aromatic nitrogens is 3. The third-order valence-electron chi connectivity index (χ3n) is 5.24. The van der Waals surface area contributed by atoms with Gasteiger partial charge in [0.25, 0.3) is 5.91 Å². The van der Waals surface area contributed by atoms with Crippen LogP contribution >= 0.6 is 12.4 Å². The summed E-state index contributed by atoms with van der Waals surface area (Å²) >= 11 is 0. The van der Waals surface area contributed by atoms with Gasteiger partial charge in [-0.1, -0.05) is 11.3 Å². The highest BCUT2D eigenvalue weighted by Crippen LogP contribution is 2.31. The monoisotopic (exact) mass is 419 g/mol. The Morgan fingerprint density at radius 1 is 1.28 bits per heavy atom. The van der Waals surface area contributed by atoms with Gasteiger partial charge in [-0.25, -0.2) is 9.48 Å². The van der Waals surface area contributed by atoms with Crippen molar-refractivity contribution in [2.75, 3.05) is 36.4 Å². The molecule has 0 spiro atoms. The largest absolute Gasteiger partial charge is 0.338 e. The molecule has 29 heavy (non-hydrogen) atoms. The molecule has 3 heterocycles. The number of urea groups is 1. The molecule has 1 fully saturated rings. The predicted molar refractivity (Wildman–Crippen MR) is 113 cm³/mol. The van der Waals surface area contributed by atoms with Gasteiger partial charge in [0, 0.05) is 18.8 Å². The second-order valence-electron chi connectivity index (χ2n) is 7.10. The van der Waals surface area contributed by atoms with Crippen LogP contribution in [0.25, 0.3) is 0 Å². The van der Waals surface area contributed by atoms with Crippen molar-refractivity contribution in [3.8, 4) is 0 Å². The third kappa shape index (κ3) is 4.51. The first-order valence-electron chi connectivity index (χ1n) is 9.78. The van der Waals surface area contributed by atoms with E-state index in [0.29, 0.717) is 24.5 Å². The molecule has 156 valence electrons. The number of nitrogens with one attached hydrogen (secondary N) is 3. The topological polar surface area (TPSA) is 104 Å². The average Bonchev–Trinajstić information content (AvgIpc) is 3.36.